The Labute approximate surface area is 127 Å². The van der Waals surface area contributed by atoms with Gasteiger partial charge in [-0.2, -0.15) is 0 Å². The number of rotatable bonds is 5. The SMILES string of the molecule is CCNC(Cc1ccccc1)c1ccc(C(C)(C)C)s1. The van der Waals surface area contributed by atoms with Crippen LogP contribution in [-0.2, 0) is 11.8 Å². The molecule has 1 aromatic carbocycles. The van der Waals surface area contributed by atoms with E-state index in [0.717, 1.165) is 13.0 Å². The van der Waals surface area contributed by atoms with Crippen LogP contribution in [0.25, 0.3) is 0 Å². The van der Waals surface area contributed by atoms with Crippen LogP contribution >= 0.6 is 11.3 Å². The molecule has 0 saturated heterocycles. The summed E-state index contributed by atoms with van der Waals surface area (Å²) in [4.78, 5) is 2.91. The zero-order valence-corrected chi connectivity index (χ0v) is 13.8. The van der Waals surface area contributed by atoms with Gasteiger partial charge in [-0.15, -0.1) is 11.3 Å². The zero-order valence-electron chi connectivity index (χ0n) is 12.9. The summed E-state index contributed by atoms with van der Waals surface area (Å²) in [5.74, 6) is 0. The number of thiophene rings is 1. The molecule has 0 aliphatic heterocycles. The van der Waals surface area contributed by atoms with Crippen LogP contribution in [0.2, 0.25) is 0 Å². The summed E-state index contributed by atoms with van der Waals surface area (Å²) in [6, 6.07) is 15.7. The van der Waals surface area contributed by atoms with Gasteiger partial charge in [0.15, 0.2) is 0 Å². The lowest BCUT2D eigenvalue weighted by Gasteiger charge is -2.18. The third-order valence-corrected chi connectivity index (χ3v) is 5.07. The maximum Gasteiger partial charge on any atom is 0.0455 e. The zero-order chi connectivity index (χ0) is 14.6. The van der Waals surface area contributed by atoms with Crippen LogP contribution in [0, 0.1) is 0 Å². The number of hydrogen-bond acceptors (Lipinski definition) is 2. The maximum absolute atomic E-state index is 3.62. The van der Waals surface area contributed by atoms with E-state index in [1.54, 1.807) is 0 Å². The van der Waals surface area contributed by atoms with E-state index >= 15 is 0 Å². The highest BCUT2D eigenvalue weighted by atomic mass is 32.1. The number of likely N-dealkylation sites (N-methyl/N-ethyl adjacent to an activating group) is 1. The average Bonchev–Trinajstić information content (AvgIpc) is 2.89. The van der Waals surface area contributed by atoms with Crippen LogP contribution in [0.4, 0.5) is 0 Å². The largest absolute Gasteiger partial charge is 0.309 e. The summed E-state index contributed by atoms with van der Waals surface area (Å²) >= 11 is 1.94. The molecular formula is C18H25NS. The van der Waals surface area contributed by atoms with Gasteiger partial charge in [0.2, 0.25) is 0 Å². The maximum atomic E-state index is 3.62. The highest BCUT2D eigenvalue weighted by Crippen LogP contribution is 2.33. The highest BCUT2D eigenvalue weighted by Gasteiger charge is 2.19. The van der Waals surface area contributed by atoms with Crippen molar-refractivity contribution in [1.29, 1.82) is 0 Å². The van der Waals surface area contributed by atoms with Crippen molar-refractivity contribution in [2.24, 2.45) is 0 Å². The molecule has 0 fully saturated rings. The molecule has 1 N–H and O–H groups in total. The molecule has 108 valence electrons. The van der Waals surface area contributed by atoms with Crippen molar-refractivity contribution in [1.82, 2.24) is 5.32 Å². The van der Waals surface area contributed by atoms with Crippen LogP contribution in [0.15, 0.2) is 42.5 Å². The molecule has 0 spiro atoms. The van der Waals surface area contributed by atoms with E-state index in [9.17, 15) is 0 Å². The van der Waals surface area contributed by atoms with E-state index in [2.05, 4.69) is 75.5 Å². The Hall–Kier alpha value is -1.12. The molecule has 0 bridgehead atoms. The van der Waals surface area contributed by atoms with Gasteiger partial charge in [-0.25, -0.2) is 0 Å². The summed E-state index contributed by atoms with van der Waals surface area (Å²) in [5, 5.41) is 3.62. The molecule has 0 saturated carbocycles. The molecular weight excluding hydrogens is 262 g/mol. The quantitative estimate of drug-likeness (QED) is 0.821. The fraction of sp³-hybridized carbons (Fsp3) is 0.444. The minimum Gasteiger partial charge on any atom is -0.309 e. The Bertz CT molecular complexity index is 522. The van der Waals surface area contributed by atoms with Gasteiger partial charge in [0.1, 0.15) is 0 Å². The first-order valence-corrected chi connectivity index (χ1v) is 8.20. The summed E-state index contributed by atoms with van der Waals surface area (Å²) < 4.78 is 0. The van der Waals surface area contributed by atoms with E-state index in [0.29, 0.717) is 6.04 Å². The normalized spacial score (nSPS) is 13.4. The minimum atomic E-state index is 0.242. The fourth-order valence-corrected chi connectivity index (χ4v) is 3.45. The van der Waals surface area contributed by atoms with E-state index in [1.165, 1.54) is 15.3 Å². The van der Waals surface area contributed by atoms with Crippen molar-refractivity contribution >= 4 is 11.3 Å². The molecule has 0 radical (unpaired) electrons. The number of benzene rings is 1. The van der Waals surface area contributed by atoms with Gasteiger partial charge in [0.25, 0.3) is 0 Å². The third kappa shape index (κ3) is 3.94. The Kier molecular flexibility index (Phi) is 5.00. The molecule has 1 atom stereocenters. The molecule has 2 heteroatoms. The molecule has 2 aromatic rings. The minimum absolute atomic E-state index is 0.242. The smallest absolute Gasteiger partial charge is 0.0455 e. The Morgan fingerprint density at radius 3 is 2.30 bits per heavy atom. The van der Waals surface area contributed by atoms with Crippen molar-refractivity contribution < 1.29 is 0 Å². The first kappa shape index (κ1) is 15.3. The molecule has 1 heterocycles. The summed E-state index contributed by atoms with van der Waals surface area (Å²) in [6.07, 6.45) is 1.05. The van der Waals surface area contributed by atoms with Crippen molar-refractivity contribution in [3.05, 3.63) is 57.8 Å². The third-order valence-electron chi connectivity index (χ3n) is 3.44. The predicted octanol–water partition coefficient (Wildman–Crippen LogP) is 4.94. The number of nitrogens with one attached hydrogen (secondary N) is 1. The highest BCUT2D eigenvalue weighted by molar-refractivity contribution is 7.12. The van der Waals surface area contributed by atoms with Gasteiger partial charge in [0, 0.05) is 15.8 Å². The second-order valence-electron chi connectivity index (χ2n) is 6.25. The first-order valence-electron chi connectivity index (χ1n) is 7.38. The van der Waals surface area contributed by atoms with E-state index in [1.807, 2.05) is 11.3 Å². The van der Waals surface area contributed by atoms with Crippen LogP contribution in [0.5, 0.6) is 0 Å². The Balaban J connectivity index is 2.18. The first-order chi connectivity index (χ1) is 9.50. The van der Waals surface area contributed by atoms with Crippen LogP contribution in [0.3, 0.4) is 0 Å². The fourth-order valence-electron chi connectivity index (χ4n) is 2.31. The average molecular weight is 287 g/mol. The summed E-state index contributed by atoms with van der Waals surface area (Å²) in [6.45, 7) is 10.0. The Morgan fingerprint density at radius 2 is 1.75 bits per heavy atom. The lowest BCUT2D eigenvalue weighted by molar-refractivity contribution is 0.558. The van der Waals surface area contributed by atoms with Gasteiger partial charge in [-0.1, -0.05) is 58.0 Å². The molecule has 1 aromatic heterocycles. The van der Waals surface area contributed by atoms with Gasteiger partial charge >= 0.3 is 0 Å². The van der Waals surface area contributed by atoms with Gasteiger partial charge in [-0.05, 0) is 36.1 Å². The molecule has 20 heavy (non-hydrogen) atoms. The van der Waals surface area contributed by atoms with Crippen LogP contribution < -0.4 is 5.32 Å². The van der Waals surface area contributed by atoms with Crippen molar-refractivity contribution in [3.8, 4) is 0 Å². The van der Waals surface area contributed by atoms with E-state index < -0.39 is 0 Å². The van der Waals surface area contributed by atoms with Crippen LogP contribution in [0.1, 0.15) is 49.1 Å². The molecule has 0 aliphatic carbocycles. The van der Waals surface area contributed by atoms with E-state index in [4.69, 9.17) is 0 Å². The standard InChI is InChI=1S/C18H25NS/c1-5-19-15(13-14-9-7-6-8-10-14)16-11-12-17(20-16)18(2,3)4/h6-12,15,19H,5,13H2,1-4H3. The second kappa shape index (κ2) is 6.55. The van der Waals surface area contributed by atoms with E-state index in [-0.39, 0.29) is 5.41 Å². The van der Waals surface area contributed by atoms with Gasteiger partial charge in [-0.3, -0.25) is 0 Å². The van der Waals surface area contributed by atoms with Crippen molar-refractivity contribution in [3.63, 3.8) is 0 Å². The van der Waals surface area contributed by atoms with Gasteiger partial charge in [0.05, 0.1) is 0 Å². The molecule has 1 unspecified atom stereocenters. The Morgan fingerprint density at radius 1 is 1.05 bits per heavy atom. The summed E-state index contributed by atoms with van der Waals surface area (Å²) in [5.41, 5.74) is 1.64. The predicted molar refractivity (Wildman–Crippen MR) is 89.6 cm³/mol. The summed E-state index contributed by atoms with van der Waals surface area (Å²) in [7, 11) is 0. The lowest BCUT2D eigenvalue weighted by Crippen LogP contribution is -2.22. The monoisotopic (exact) mass is 287 g/mol. The van der Waals surface area contributed by atoms with Gasteiger partial charge < -0.3 is 5.32 Å². The molecule has 2 rings (SSSR count). The molecule has 1 nitrogen and oxygen atoms in total. The second-order valence-corrected chi connectivity index (χ2v) is 7.37. The van der Waals surface area contributed by atoms with Crippen molar-refractivity contribution in [2.75, 3.05) is 6.54 Å². The van der Waals surface area contributed by atoms with Crippen molar-refractivity contribution in [2.45, 2.75) is 45.6 Å². The van der Waals surface area contributed by atoms with Crippen LogP contribution in [-0.4, -0.2) is 6.54 Å². The molecule has 0 amide bonds. The molecule has 0 aliphatic rings. The number of hydrogen-bond donors (Lipinski definition) is 1. The topological polar surface area (TPSA) is 12.0 Å². The lowest BCUT2D eigenvalue weighted by atomic mass is 9.95.